The van der Waals surface area contributed by atoms with Gasteiger partial charge in [-0.3, -0.25) is 4.68 Å². The molecule has 3 nitrogen and oxygen atoms in total. The van der Waals surface area contributed by atoms with Crippen LogP contribution in [0.5, 0.6) is 0 Å². The average Bonchev–Trinajstić information content (AvgIpc) is 3.10. The molecule has 0 aliphatic carbocycles. The van der Waals surface area contributed by atoms with Gasteiger partial charge in [-0.25, -0.2) is 0 Å². The van der Waals surface area contributed by atoms with Crippen molar-refractivity contribution in [2.45, 2.75) is 26.4 Å². The second-order valence-electron chi connectivity index (χ2n) is 5.24. The van der Waals surface area contributed by atoms with E-state index in [9.17, 15) is 0 Å². The van der Waals surface area contributed by atoms with Gasteiger partial charge in [-0.1, -0.05) is 12.1 Å². The first-order valence-electron chi connectivity index (χ1n) is 7.09. The smallest absolute Gasteiger partial charge is 0.0660 e. The van der Waals surface area contributed by atoms with E-state index in [1.807, 2.05) is 34.5 Å². The van der Waals surface area contributed by atoms with Gasteiger partial charge in [-0.15, -0.1) is 11.3 Å². The molecule has 0 spiro atoms. The van der Waals surface area contributed by atoms with Gasteiger partial charge in [-0.05, 0) is 54.6 Å². The van der Waals surface area contributed by atoms with Gasteiger partial charge >= 0.3 is 0 Å². The van der Waals surface area contributed by atoms with Crippen molar-refractivity contribution in [3.8, 4) is 0 Å². The van der Waals surface area contributed by atoms with Crippen molar-refractivity contribution in [1.29, 1.82) is 0 Å². The molecular formula is C17H19N3S. The molecule has 1 aromatic carbocycles. The molecule has 0 aliphatic rings. The van der Waals surface area contributed by atoms with Gasteiger partial charge in [-0.2, -0.15) is 5.10 Å². The number of hydrogen-bond donors (Lipinski definition) is 1. The van der Waals surface area contributed by atoms with Crippen molar-refractivity contribution in [1.82, 2.24) is 9.78 Å². The van der Waals surface area contributed by atoms with E-state index >= 15 is 0 Å². The normalized spacial score (nSPS) is 12.3. The quantitative estimate of drug-likeness (QED) is 0.752. The number of thiophene rings is 1. The minimum atomic E-state index is 0.324. The summed E-state index contributed by atoms with van der Waals surface area (Å²) < 4.78 is 1.94. The van der Waals surface area contributed by atoms with Crippen LogP contribution in [0.25, 0.3) is 0 Å². The SMILES string of the molecule is Cc1ccsc1C(C)Nc1cccc(Cn2cccn2)c1. The molecule has 0 saturated carbocycles. The van der Waals surface area contributed by atoms with Crippen LogP contribution >= 0.6 is 11.3 Å². The fraction of sp³-hybridized carbons (Fsp3) is 0.235. The molecule has 2 aromatic heterocycles. The number of aromatic nitrogens is 2. The number of nitrogens with one attached hydrogen (secondary N) is 1. The van der Waals surface area contributed by atoms with Crippen molar-refractivity contribution >= 4 is 17.0 Å². The fourth-order valence-electron chi connectivity index (χ4n) is 2.48. The van der Waals surface area contributed by atoms with Crippen LogP contribution in [0.3, 0.4) is 0 Å². The first-order chi connectivity index (χ1) is 10.2. The van der Waals surface area contributed by atoms with E-state index in [2.05, 4.69) is 60.0 Å². The molecule has 0 bridgehead atoms. The van der Waals surface area contributed by atoms with Crippen LogP contribution in [0.4, 0.5) is 5.69 Å². The Bertz CT molecular complexity index is 700. The summed E-state index contributed by atoms with van der Waals surface area (Å²) in [6, 6.07) is 13.0. The second-order valence-corrected chi connectivity index (χ2v) is 6.19. The molecule has 0 fully saturated rings. The Morgan fingerprint density at radius 3 is 2.90 bits per heavy atom. The topological polar surface area (TPSA) is 29.9 Å². The van der Waals surface area contributed by atoms with Crippen molar-refractivity contribution in [2.24, 2.45) is 0 Å². The van der Waals surface area contributed by atoms with Crippen LogP contribution in [-0.2, 0) is 6.54 Å². The lowest BCUT2D eigenvalue weighted by Crippen LogP contribution is -2.07. The molecule has 3 rings (SSSR count). The zero-order chi connectivity index (χ0) is 14.7. The molecule has 2 heterocycles. The predicted octanol–water partition coefficient (Wildman–Crippen LogP) is 4.47. The Labute approximate surface area is 129 Å². The van der Waals surface area contributed by atoms with E-state index in [-0.39, 0.29) is 0 Å². The number of hydrogen-bond acceptors (Lipinski definition) is 3. The number of aryl methyl sites for hydroxylation is 1. The van der Waals surface area contributed by atoms with Crippen molar-refractivity contribution in [3.63, 3.8) is 0 Å². The summed E-state index contributed by atoms with van der Waals surface area (Å²) in [5.41, 5.74) is 3.76. The third-order valence-electron chi connectivity index (χ3n) is 3.51. The number of rotatable bonds is 5. The van der Waals surface area contributed by atoms with Crippen LogP contribution < -0.4 is 5.32 Å². The van der Waals surface area contributed by atoms with Gasteiger partial charge in [0.05, 0.1) is 12.6 Å². The Balaban J connectivity index is 1.72. The maximum atomic E-state index is 4.25. The molecule has 1 N–H and O–H groups in total. The largest absolute Gasteiger partial charge is 0.378 e. The highest BCUT2D eigenvalue weighted by molar-refractivity contribution is 7.10. The van der Waals surface area contributed by atoms with E-state index in [4.69, 9.17) is 0 Å². The molecule has 4 heteroatoms. The van der Waals surface area contributed by atoms with Crippen LogP contribution in [0.15, 0.2) is 54.2 Å². The van der Waals surface area contributed by atoms with Gasteiger partial charge < -0.3 is 5.32 Å². The van der Waals surface area contributed by atoms with Gasteiger partial charge in [0.2, 0.25) is 0 Å². The molecule has 1 atom stereocenters. The molecule has 108 valence electrons. The molecule has 21 heavy (non-hydrogen) atoms. The van der Waals surface area contributed by atoms with Gasteiger partial charge in [0, 0.05) is 23.0 Å². The summed E-state index contributed by atoms with van der Waals surface area (Å²) in [5, 5.41) is 9.99. The van der Waals surface area contributed by atoms with Gasteiger partial charge in [0.25, 0.3) is 0 Å². The second kappa shape index (κ2) is 6.14. The Morgan fingerprint density at radius 1 is 1.29 bits per heavy atom. The highest BCUT2D eigenvalue weighted by Gasteiger charge is 2.09. The van der Waals surface area contributed by atoms with Crippen LogP contribution in [0, 0.1) is 6.92 Å². The minimum Gasteiger partial charge on any atom is -0.378 e. The monoisotopic (exact) mass is 297 g/mol. The standard InChI is InChI=1S/C17H19N3S/c1-13-7-10-21-17(13)14(2)19-16-6-3-5-15(11-16)12-20-9-4-8-18-20/h3-11,14,19H,12H2,1-2H3. The van der Waals surface area contributed by atoms with Crippen LogP contribution in [0.2, 0.25) is 0 Å². The van der Waals surface area contributed by atoms with E-state index in [0.717, 1.165) is 12.2 Å². The highest BCUT2D eigenvalue weighted by atomic mass is 32.1. The van der Waals surface area contributed by atoms with E-state index < -0.39 is 0 Å². The molecular weight excluding hydrogens is 278 g/mol. The number of nitrogens with zero attached hydrogens (tertiary/aromatic N) is 2. The maximum absolute atomic E-state index is 4.25. The lowest BCUT2D eigenvalue weighted by Gasteiger charge is -2.16. The first kappa shape index (κ1) is 13.9. The van der Waals surface area contributed by atoms with Crippen LogP contribution in [-0.4, -0.2) is 9.78 Å². The van der Waals surface area contributed by atoms with Gasteiger partial charge in [0.1, 0.15) is 0 Å². The minimum absolute atomic E-state index is 0.324. The summed E-state index contributed by atoms with van der Waals surface area (Å²) in [4.78, 5) is 1.40. The van der Waals surface area contributed by atoms with Crippen molar-refractivity contribution in [2.75, 3.05) is 5.32 Å². The molecule has 3 aromatic rings. The first-order valence-corrected chi connectivity index (χ1v) is 7.97. The van der Waals surface area contributed by atoms with E-state index in [1.54, 1.807) is 0 Å². The number of anilines is 1. The third kappa shape index (κ3) is 3.34. The van der Waals surface area contributed by atoms with E-state index in [0.29, 0.717) is 6.04 Å². The molecule has 0 radical (unpaired) electrons. The lowest BCUT2D eigenvalue weighted by atomic mass is 10.1. The molecule has 0 amide bonds. The predicted molar refractivity (Wildman–Crippen MR) is 88.9 cm³/mol. The van der Waals surface area contributed by atoms with Crippen molar-refractivity contribution in [3.05, 3.63) is 70.2 Å². The lowest BCUT2D eigenvalue weighted by molar-refractivity contribution is 0.687. The number of benzene rings is 1. The molecule has 1 unspecified atom stereocenters. The summed E-state index contributed by atoms with van der Waals surface area (Å²) in [7, 11) is 0. The average molecular weight is 297 g/mol. The fourth-order valence-corrected chi connectivity index (χ4v) is 3.42. The Morgan fingerprint density at radius 2 is 2.19 bits per heavy atom. The summed E-state index contributed by atoms with van der Waals surface area (Å²) in [6.45, 7) is 5.17. The molecule has 0 aliphatic heterocycles. The molecule has 0 saturated heterocycles. The van der Waals surface area contributed by atoms with Crippen LogP contribution in [0.1, 0.15) is 29.0 Å². The Kier molecular flexibility index (Phi) is 4.06. The summed E-state index contributed by atoms with van der Waals surface area (Å²) in [5.74, 6) is 0. The van der Waals surface area contributed by atoms with Crippen molar-refractivity contribution < 1.29 is 0 Å². The zero-order valence-electron chi connectivity index (χ0n) is 12.3. The van der Waals surface area contributed by atoms with E-state index in [1.165, 1.54) is 16.0 Å². The summed E-state index contributed by atoms with van der Waals surface area (Å²) in [6.07, 6.45) is 3.79. The highest BCUT2D eigenvalue weighted by Crippen LogP contribution is 2.27. The summed E-state index contributed by atoms with van der Waals surface area (Å²) >= 11 is 1.81. The Hall–Kier alpha value is -2.07. The third-order valence-corrected chi connectivity index (χ3v) is 4.71. The van der Waals surface area contributed by atoms with Gasteiger partial charge in [0.15, 0.2) is 0 Å². The zero-order valence-corrected chi connectivity index (χ0v) is 13.1. The maximum Gasteiger partial charge on any atom is 0.0660 e.